The quantitative estimate of drug-likeness (QED) is 0.577. The van der Waals surface area contributed by atoms with Gasteiger partial charge in [0.2, 0.25) is 5.91 Å². The van der Waals surface area contributed by atoms with Crippen molar-refractivity contribution in [1.29, 1.82) is 0 Å². The number of nitrogens with zero attached hydrogens (tertiary/aromatic N) is 1. The number of imide groups is 1. The molecule has 1 heterocycles. The van der Waals surface area contributed by atoms with Crippen molar-refractivity contribution in [2.75, 3.05) is 4.90 Å². The van der Waals surface area contributed by atoms with Crippen molar-refractivity contribution in [3.8, 4) is 11.5 Å². The molecule has 6 heteroatoms. The molecule has 0 N–H and O–H groups in total. The summed E-state index contributed by atoms with van der Waals surface area (Å²) in [5.74, 6) is 0.504. The van der Waals surface area contributed by atoms with Gasteiger partial charge >= 0.3 is 6.09 Å². The van der Waals surface area contributed by atoms with Crippen LogP contribution in [0.25, 0.3) is 0 Å². The first-order valence-corrected chi connectivity index (χ1v) is 9.50. The smallest absolute Gasteiger partial charge is 0.426 e. The van der Waals surface area contributed by atoms with Crippen molar-refractivity contribution < 1.29 is 23.9 Å². The summed E-state index contributed by atoms with van der Waals surface area (Å²) in [5, 5.41) is 0. The molecule has 1 aliphatic rings. The van der Waals surface area contributed by atoms with E-state index in [1.54, 1.807) is 54.6 Å². The predicted octanol–water partition coefficient (Wildman–Crippen LogP) is 4.95. The number of carbonyl (C=O) groups excluding carboxylic acids is 3. The molecular formula is C24H21NO5. The van der Waals surface area contributed by atoms with Gasteiger partial charge < -0.3 is 9.47 Å². The second kappa shape index (κ2) is 10.0. The fourth-order valence-corrected chi connectivity index (χ4v) is 3.17. The van der Waals surface area contributed by atoms with Gasteiger partial charge in [0.05, 0.1) is 11.6 Å². The molecule has 6 nitrogen and oxygen atoms in total. The molecule has 1 aliphatic heterocycles. The Hall–Kier alpha value is -3.93. The van der Waals surface area contributed by atoms with E-state index in [1.807, 2.05) is 37.3 Å². The maximum absolute atomic E-state index is 12.5. The SMILES string of the molecule is CC[C@H]1C(=O)N(C(=O)Oc2ccccc2)c2ccccc21.O=COc1ccccc1. The van der Waals surface area contributed by atoms with E-state index in [-0.39, 0.29) is 11.8 Å². The van der Waals surface area contributed by atoms with E-state index >= 15 is 0 Å². The number of para-hydroxylation sites is 3. The molecule has 3 aromatic carbocycles. The van der Waals surface area contributed by atoms with Crippen LogP contribution in [0.1, 0.15) is 24.8 Å². The largest absolute Gasteiger partial charge is 0.429 e. The lowest BCUT2D eigenvalue weighted by molar-refractivity contribution is -0.121. The number of anilines is 1. The third-order valence-electron chi connectivity index (χ3n) is 4.54. The molecule has 4 rings (SSSR count). The molecule has 30 heavy (non-hydrogen) atoms. The Labute approximate surface area is 174 Å². The zero-order valence-electron chi connectivity index (χ0n) is 16.4. The van der Waals surface area contributed by atoms with Crippen LogP contribution >= 0.6 is 0 Å². The Bertz CT molecular complexity index is 1000. The van der Waals surface area contributed by atoms with Crippen molar-refractivity contribution in [1.82, 2.24) is 0 Å². The molecule has 0 fully saturated rings. The summed E-state index contributed by atoms with van der Waals surface area (Å²) in [6, 6.07) is 25.0. The number of carbonyl (C=O) groups is 3. The normalized spacial score (nSPS) is 14.2. The van der Waals surface area contributed by atoms with Gasteiger partial charge in [-0.05, 0) is 42.3 Å². The van der Waals surface area contributed by atoms with E-state index in [0.29, 0.717) is 30.1 Å². The summed E-state index contributed by atoms with van der Waals surface area (Å²) in [4.78, 5) is 35.7. The van der Waals surface area contributed by atoms with Crippen LogP contribution in [0.2, 0.25) is 0 Å². The van der Waals surface area contributed by atoms with Crippen LogP contribution < -0.4 is 14.4 Å². The fourth-order valence-electron chi connectivity index (χ4n) is 3.17. The zero-order chi connectivity index (χ0) is 21.3. The summed E-state index contributed by atoms with van der Waals surface area (Å²) in [6.07, 6.45) is -0.0000757. The maximum atomic E-state index is 12.5. The van der Waals surface area contributed by atoms with Crippen LogP contribution in [0.3, 0.4) is 0 Å². The highest BCUT2D eigenvalue weighted by Crippen LogP contribution is 2.39. The van der Waals surface area contributed by atoms with Gasteiger partial charge in [0.25, 0.3) is 6.47 Å². The second-order valence-electron chi connectivity index (χ2n) is 6.40. The number of amides is 2. The molecule has 3 aromatic rings. The molecule has 0 aromatic heterocycles. The Morgan fingerprint density at radius 1 is 0.900 bits per heavy atom. The minimum Gasteiger partial charge on any atom is -0.429 e. The highest BCUT2D eigenvalue weighted by molar-refractivity contribution is 6.19. The van der Waals surface area contributed by atoms with Gasteiger partial charge in [-0.15, -0.1) is 0 Å². The zero-order valence-corrected chi connectivity index (χ0v) is 16.4. The van der Waals surface area contributed by atoms with Gasteiger partial charge in [0, 0.05) is 0 Å². The number of ether oxygens (including phenoxy) is 2. The fraction of sp³-hybridized carbons (Fsp3) is 0.125. The molecule has 0 aliphatic carbocycles. The molecule has 0 spiro atoms. The van der Waals surface area contributed by atoms with Gasteiger partial charge in [-0.1, -0.05) is 61.5 Å². The maximum Gasteiger partial charge on any atom is 0.426 e. The number of rotatable bonds is 4. The highest BCUT2D eigenvalue weighted by Gasteiger charge is 2.40. The summed E-state index contributed by atoms with van der Waals surface area (Å²) in [5.41, 5.74) is 1.50. The Kier molecular flexibility index (Phi) is 6.95. The van der Waals surface area contributed by atoms with Crippen LogP contribution in [0.4, 0.5) is 10.5 Å². The summed E-state index contributed by atoms with van der Waals surface area (Å²) in [6.45, 7) is 2.35. The van der Waals surface area contributed by atoms with Crippen molar-refractivity contribution in [2.45, 2.75) is 19.3 Å². The van der Waals surface area contributed by atoms with E-state index < -0.39 is 6.09 Å². The number of hydrogen-bond acceptors (Lipinski definition) is 5. The lowest BCUT2D eigenvalue weighted by Crippen LogP contribution is -2.37. The van der Waals surface area contributed by atoms with E-state index in [1.165, 1.54) is 0 Å². The average Bonchev–Trinajstić information content (AvgIpc) is 3.07. The second-order valence-corrected chi connectivity index (χ2v) is 6.40. The third kappa shape index (κ3) is 4.72. The minimum atomic E-state index is -0.658. The topological polar surface area (TPSA) is 72.9 Å². The number of fused-ring (bicyclic) bond motifs is 1. The Morgan fingerprint density at radius 3 is 2.07 bits per heavy atom. The van der Waals surface area contributed by atoms with Crippen LogP contribution in [0.15, 0.2) is 84.9 Å². The lowest BCUT2D eigenvalue weighted by atomic mass is 9.98. The van der Waals surface area contributed by atoms with Crippen LogP contribution in [0, 0.1) is 0 Å². The van der Waals surface area contributed by atoms with Gasteiger partial charge in [0.15, 0.2) is 0 Å². The van der Waals surface area contributed by atoms with E-state index in [9.17, 15) is 14.4 Å². The molecule has 0 unspecified atom stereocenters. The van der Waals surface area contributed by atoms with E-state index in [2.05, 4.69) is 4.74 Å². The molecular weight excluding hydrogens is 382 g/mol. The first kappa shape index (κ1) is 20.8. The molecule has 152 valence electrons. The van der Waals surface area contributed by atoms with Gasteiger partial charge in [-0.2, -0.15) is 0 Å². The van der Waals surface area contributed by atoms with Crippen molar-refractivity contribution in [2.24, 2.45) is 0 Å². The molecule has 0 radical (unpaired) electrons. The molecule has 0 saturated carbocycles. The van der Waals surface area contributed by atoms with Crippen LogP contribution in [-0.2, 0) is 9.59 Å². The first-order chi connectivity index (χ1) is 14.7. The highest BCUT2D eigenvalue weighted by atomic mass is 16.6. The number of hydrogen-bond donors (Lipinski definition) is 0. The van der Waals surface area contributed by atoms with E-state index in [4.69, 9.17) is 4.74 Å². The standard InChI is InChI=1S/C17H15NO3.C7H6O2/c1-2-13-14-10-6-7-11-15(14)18(16(13)19)17(20)21-12-8-4-3-5-9-12;8-6-9-7-4-2-1-3-5-7/h3-11,13H,2H2,1H3;1-6H/t13-;/m1./s1. The lowest BCUT2D eigenvalue weighted by Gasteiger charge is -2.15. The molecule has 0 saturated heterocycles. The third-order valence-corrected chi connectivity index (χ3v) is 4.54. The first-order valence-electron chi connectivity index (χ1n) is 9.50. The van der Waals surface area contributed by atoms with Crippen LogP contribution in [-0.4, -0.2) is 18.5 Å². The minimum absolute atomic E-state index is 0.223. The van der Waals surface area contributed by atoms with Crippen molar-refractivity contribution >= 4 is 24.2 Å². The molecule has 0 bridgehead atoms. The van der Waals surface area contributed by atoms with Crippen molar-refractivity contribution in [3.63, 3.8) is 0 Å². The monoisotopic (exact) mass is 403 g/mol. The number of benzene rings is 3. The summed E-state index contributed by atoms with van der Waals surface area (Å²) < 4.78 is 9.81. The average molecular weight is 403 g/mol. The van der Waals surface area contributed by atoms with Crippen molar-refractivity contribution in [3.05, 3.63) is 90.5 Å². The van der Waals surface area contributed by atoms with E-state index in [0.717, 1.165) is 10.5 Å². The van der Waals surface area contributed by atoms with Gasteiger partial charge in [-0.25, -0.2) is 9.69 Å². The molecule has 1 atom stereocenters. The summed E-state index contributed by atoms with van der Waals surface area (Å²) >= 11 is 0. The van der Waals surface area contributed by atoms with Gasteiger partial charge in [0.1, 0.15) is 11.5 Å². The van der Waals surface area contributed by atoms with Crippen LogP contribution in [0.5, 0.6) is 11.5 Å². The predicted molar refractivity (Wildman–Crippen MR) is 113 cm³/mol. The summed E-state index contributed by atoms with van der Waals surface area (Å²) in [7, 11) is 0. The Morgan fingerprint density at radius 2 is 1.47 bits per heavy atom. The van der Waals surface area contributed by atoms with Gasteiger partial charge in [-0.3, -0.25) is 9.59 Å². The Balaban J connectivity index is 0.000000239. The molecule has 2 amide bonds.